The first-order chi connectivity index (χ1) is 6.49. The molecule has 1 saturated carbocycles. The lowest BCUT2D eigenvalue weighted by Gasteiger charge is -2.24. The molecular weight excluding hydrogens is 174 g/mol. The first-order valence-corrected chi connectivity index (χ1v) is 5.75. The topological polar surface area (TPSA) is 20.3 Å². The summed E-state index contributed by atoms with van der Waals surface area (Å²) in [6.07, 6.45) is 4.59. The van der Waals surface area contributed by atoms with Gasteiger partial charge in [0.2, 0.25) is 5.91 Å². The molecule has 0 saturated heterocycles. The lowest BCUT2D eigenvalue weighted by molar-refractivity contribution is -0.135. The maximum Gasteiger partial charge on any atom is 0.228 e. The highest BCUT2D eigenvalue weighted by Crippen LogP contribution is 2.46. The molecule has 1 aliphatic rings. The van der Waals surface area contributed by atoms with Crippen molar-refractivity contribution in [3.05, 3.63) is 0 Å². The monoisotopic (exact) mass is 197 g/mol. The molecule has 0 spiro atoms. The maximum atomic E-state index is 11.9. The fourth-order valence-electron chi connectivity index (χ4n) is 2.00. The van der Waals surface area contributed by atoms with E-state index in [2.05, 4.69) is 20.8 Å². The Bertz CT molecular complexity index is 208. The Morgan fingerprint density at radius 1 is 1.50 bits per heavy atom. The normalized spacial score (nSPS) is 20.3. The van der Waals surface area contributed by atoms with Crippen LogP contribution in [0.5, 0.6) is 0 Å². The van der Waals surface area contributed by atoms with Crippen molar-refractivity contribution >= 4 is 5.91 Å². The van der Waals surface area contributed by atoms with Crippen LogP contribution < -0.4 is 0 Å². The number of rotatable bonds is 5. The van der Waals surface area contributed by atoms with Crippen molar-refractivity contribution in [2.24, 2.45) is 11.3 Å². The molecule has 0 aromatic carbocycles. The smallest absolute Gasteiger partial charge is 0.228 e. The largest absolute Gasteiger partial charge is 0.345 e. The van der Waals surface area contributed by atoms with Crippen molar-refractivity contribution in [2.75, 3.05) is 13.6 Å². The molecule has 0 aromatic rings. The van der Waals surface area contributed by atoms with Crippen molar-refractivity contribution in [1.29, 1.82) is 0 Å². The number of carbonyl (C=O) groups is 1. The number of hydrogen-bond acceptors (Lipinski definition) is 1. The van der Waals surface area contributed by atoms with Crippen LogP contribution in [0.15, 0.2) is 0 Å². The van der Waals surface area contributed by atoms with Crippen LogP contribution in [0.1, 0.15) is 46.5 Å². The molecule has 0 bridgehead atoms. The molecule has 0 heterocycles. The van der Waals surface area contributed by atoms with Crippen molar-refractivity contribution in [3.8, 4) is 0 Å². The Morgan fingerprint density at radius 3 is 2.50 bits per heavy atom. The Kier molecular flexibility index (Phi) is 3.57. The summed E-state index contributed by atoms with van der Waals surface area (Å²) in [7, 11) is 1.94. The summed E-state index contributed by atoms with van der Waals surface area (Å²) in [6, 6.07) is 0. The van der Waals surface area contributed by atoms with E-state index in [-0.39, 0.29) is 5.41 Å². The van der Waals surface area contributed by atoms with Gasteiger partial charge in [-0.1, -0.05) is 27.2 Å². The predicted molar refractivity (Wildman–Crippen MR) is 59.1 cm³/mol. The van der Waals surface area contributed by atoms with Crippen LogP contribution in [0.4, 0.5) is 0 Å². The van der Waals surface area contributed by atoms with E-state index < -0.39 is 0 Å². The zero-order valence-electron chi connectivity index (χ0n) is 9.97. The predicted octanol–water partition coefficient (Wildman–Crippen LogP) is 2.68. The van der Waals surface area contributed by atoms with E-state index in [0.29, 0.717) is 11.8 Å². The second-order valence-corrected chi connectivity index (χ2v) is 5.14. The third-order valence-corrected chi connectivity index (χ3v) is 3.23. The van der Waals surface area contributed by atoms with E-state index in [4.69, 9.17) is 0 Å². The molecule has 1 unspecified atom stereocenters. The molecule has 1 atom stereocenters. The van der Waals surface area contributed by atoms with E-state index >= 15 is 0 Å². The number of hydrogen-bond donors (Lipinski definition) is 0. The Labute approximate surface area is 87.7 Å². The number of carbonyl (C=O) groups excluding carboxylic acids is 1. The minimum Gasteiger partial charge on any atom is -0.345 e. The molecule has 2 nitrogen and oxygen atoms in total. The van der Waals surface area contributed by atoms with Crippen LogP contribution in [0.2, 0.25) is 0 Å². The van der Waals surface area contributed by atoms with E-state index in [1.807, 2.05) is 11.9 Å². The lowest BCUT2D eigenvalue weighted by Crippen LogP contribution is -2.35. The second-order valence-electron chi connectivity index (χ2n) is 5.14. The van der Waals surface area contributed by atoms with E-state index in [1.165, 1.54) is 12.8 Å². The van der Waals surface area contributed by atoms with Gasteiger partial charge in [0.1, 0.15) is 0 Å². The van der Waals surface area contributed by atoms with Gasteiger partial charge in [-0.15, -0.1) is 0 Å². The number of nitrogens with zero attached hydrogens (tertiary/aromatic N) is 1. The summed E-state index contributed by atoms with van der Waals surface area (Å²) in [4.78, 5) is 13.8. The molecule has 2 heteroatoms. The summed E-state index contributed by atoms with van der Waals surface area (Å²) in [5, 5.41) is 0. The third-order valence-electron chi connectivity index (χ3n) is 3.23. The van der Waals surface area contributed by atoms with E-state index in [9.17, 15) is 4.79 Å². The molecule has 1 aliphatic carbocycles. The van der Waals surface area contributed by atoms with Crippen LogP contribution in [-0.4, -0.2) is 24.4 Å². The first-order valence-electron chi connectivity index (χ1n) is 5.75. The van der Waals surface area contributed by atoms with Crippen LogP contribution in [-0.2, 0) is 4.79 Å². The highest BCUT2D eigenvalue weighted by Gasteiger charge is 2.46. The summed E-state index contributed by atoms with van der Waals surface area (Å²) in [6.45, 7) is 7.42. The minimum absolute atomic E-state index is 0.000679. The first kappa shape index (κ1) is 11.5. The maximum absolute atomic E-state index is 11.9. The zero-order chi connectivity index (χ0) is 10.8. The molecule has 1 fully saturated rings. The van der Waals surface area contributed by atoms with Crippen molar-refractivity contribution in [1.82, 2.24) is 4.90 Å². The van der Waals surface area contributed by atoms with E-state index in [1.54, 1.807) is 0 Å². The van der Waals surface area contributed by atoms with Gasteiger partial charge in [-0.05, 0) is 25.2 Å². The number of amides is 1. The van der Waals surface area contributed by atoms with Crippen molar-refractivity contribution in [3.63, 3.8) is 0 Å². The average Bonchev–Trinajstić information content (AvgIpc) is 2.84. The van der Waals surface area contributed by atoms with Crippen LogP contribution in [0, 0.1) is 11.3 Å². The minimum atomic E-state index is 0.000679. The summed E-state index contributed by atoms with van der Waals surface area (Å²) in [5.74, 6) is 0.983. The van der Waals surface area contributed by atoms with Gasteiger partial charge in [0.25, 0.3) is 0 Å². The van der Waals surface area contributed by atoms with Gasteiger partial charge in [0, 0.05) is 19.0 Å². The SMILES string of the molecule is CCCC(C)CN(C)C(=O)C1(C)CC1. The molecular formula is C12H23NO. The summed E-state index contributed by atoms with van der Waals surface area (Å²) >= 11 is 0. The van der Waals surface area contributed by atoms with Crippen LogP contribution >= 0.6 is 0 Å². The van der Waals surface area contributed by atoms with E-state index in [0.717, 1.165) is 19.4 Å². The summed E-state index contributed by atoms with van der Waals surface area (Å²) < 4.78 is 0. The van der Waals surface area contributed by atoms with Gasteiger partial charge in [-0.2, -0.15) is 0 Å². The molecule has 1 amide bonds. The highest BCUT2D eigenvalue weighted by atomic mass is 16.2. The molecule has 0 radical (unpaired) electrons. The Balaban J connectivity index is 2.34. The molecule has 14 heavy (non-hydrogen) atoms. The summed E-state index contributed by atoms with van der Waals surface area (Å²) in [5.41, 5.74) is 0.000679. The standard InChI is InChI=1S/C12H23NO/c1-5-6-10(2)9-13(4)11(14)12(3)7-8-12/h10H,5-9H2,1-4H3. The van der Waals surface area contributed by atoms with Gasteiger partial charge >= 0.3 is 0 Å². The molecule has 0 aromatic heterocycles. The van der Waals surface area contributed by atoms with Gasteiger partial charge in [0.05, 0.1) is 0 Å². The third kappa shape index (κ3) is 2.73. The fourth-order valence-corrected chi connectivity index (χ4v) is 2.00. The van der Waals surface area contributed by atoms with Gasteiger partial charge < -0.3 is 4.90 Å². The van der Waals surface area contributed by atoms with Crippen LogP contribution in [0.25, 0.3) is 0 Å². The van der Waals surface area contributed by atoms with Crippen LogP contribution in [0.3, 0.4) is 0 Å². The van der Waals surface area contributed by atoms with Crippen molar-refractivity contribution < 1.29 is 4.79 Å². The Morgan fingerprint density at radius 2 is 2.07 bits per heavy atom. The Hall–Kier alpha value is -0.530. The molecule has 1 rings (SSSR count). The van der Waals surface area contributed by atoms with Gasteiger partial charge in [0.15, 0.2) is 0 Å². The van der Waals surface area contributed by atoms with Gasteiger partial charge in [-0.3, -0.25) is 4.79 Å². The average molecular weight is 197 g/mol. The highest BCUT2D eigenvalue weighted by molar-refractivity contribution is 5.84. The lowest BCUT2D eigenvalue weighted by atomic mass is 10.0. The molecule has 0 aliphatic heterocycles. The zero-order valence-corrected chi connectivity index (χ0v) is 9.97. The molecule has 0 N–H and O–H groups in total. The van der Waals surface area contributed by atoms with Gasteiger partial charge in [-0.25, -0.2) is 0 Å². The quantitative estimate of drug-likeness (QED) is 0.663. The fraction of sp³-hybridized carbons (Fsp3) is 0.917. The molecule has 82 valence electrons. The van der Waals surface area contributed by atoms with Crippen molar-refractivity contribution in [2.45, 2.75) is 46.5 Å². The second kappa shape index (κ2) is 4.33.